The van der Waals surface area contributed by atoms with Crippen molar-refractivity contribution in [2.24, 2.45) is 5.92 Å². The number of aromatic hydroxyl groups is 1. The highest BCUT2D eigenvalue weighted by atomic mass is 35.5. The number of rotatable bonds is 8. The number of nitrogens with zero attached hydrogens (tertiary/aromatic N) is 2. The van der Waals surface area contributed by atoms with Crippen molar-refractivity contribution in [1.29, 1.82) is 0 Å². The molecule has 0 saturated carbocycles. The lowest BCUT2D eigenvalue weighted by molar-refractivity contribution is 0.0729. The number of carbonyl (C=O) groups is 1. The number of fused-ring (bicyclic) bond motifs is 1. The smallest absolute Gasteiger partial charge is 0.273 e. The highest BCUT2D eigenvalue weighted by Gasteiger charge is 2.42. The fourth-order valence-electron chi connectivity index (χ4n) is 4.58. The average molecular weight is 502 g/mol. The predicted octanol–water partition coefficient (Wildman–Crippen LogP) is 6.61. The van der Waals surface area contributed by atoms with Crippen LogP contribution >= 0.6 is 11.6 Å². The van der Waals surface area contributed by atoms with Gasteiger partial charge in [0.25, 0.3) is 5.91 Å². The standard InChI is InChI=1S/C29H28ClN3O3/c1-18(2)13-14-36-22-10-6-9-20(15-22)28-25-26(23-16-21(30)11-12-24(23)34)31-32-27(25)29(35)33(28)17-19-7-4-3-5-8-19/h3-12,15-16,18,28,34H,13-14,17H2,1-2H3,(H,31,32). The Hall–Kier alpha value is -3.77. The van der Waals surface area contributed by atoms with E-state index in [-0.39, 0.29) is 11.7 Å². The van der Waals surface area contributed by atoms with Gasteiger partial charge in [-0.2, -0.15) is 5.10 Å². The van der Waals surface area contributed by atoms with Crippen molar-refractivity contribution in [3.63, 3.8) is 0 Å². The second kappa shape index (κ2) is 10.1. The number of phenols is 1. The normalized spacial score (nSPS) is 14.9. The Kier molecular flexibility index (Phi) is 6.70. The molecule has 1 aliphatic rings. The van der Waals surface area contributed by atoms with Crippen LogP contribution in [0.5, 0.6) is 11.5 Å². The molecule has 7 heteroatoms. The molecule has 0 fully saturated rings. The lowest BCUT2D eigenvalue weighted by atomic mass is 9.95. The Labute approximate surface area is 215 Å². The topological polar surface area (TPSA) is 78.5 Å². The summed E-state index contributed by atoms with van der Waals surface area (Å²) in [6.45, 7) is 5.38. The third-order valence-corrected chi connectivity index (χ3v) is 6.65. The predicted molar refractivity (Wildman–Crippen MR) is 140 cm³/mol. The summed E-state index contributed by atoms with van der Waals surface area (Å²) in [6.07, 6.45) is 0.955. The van der Waals surface area contributed by atoms with Crippen molar-refractivity contribution in [3.05, 3.63) is 100 Å². The first-order chi connectivity index (χ1) is 17.4. The molecule has 36 heavy (non-hydrogen) atoms. The van der Waals surface area contributed by atoms with E-state index in [1.54, 1.807) is 12.1 Å². The molecule has 0 aliphatic carbocycles. The van der Waals surface area contributed by atoms with Crippen molar-refractivity contribution < 1.29 is 14.6 Å². The number of H-pyrrole nitrogens is 1. The van der Waals surface area contributed by atoms with E-state index in [0.29, 0.717) is 46.6 Å². The number of hydrogen-bond donors (Lipinski definition) is 2. The van der Waals surface area contributed by atoms with Gasteiger partial charge in [-0.15, -0.1) is 0 Å². The minimum absolute atomic E-state index is 0.0483. The van der Waals surface area contributed by atoms with Gasteiger partial charge < -0.3 is 14.7 Å². The minimum atomic E-state index is -0.423. The Morgan fingerprint density at radius 3 is 2.67 bits per heavy atom. The molecule has 0 bridgehead atoms. The molecule has 6 nitrogen and oxygen atoms in total. The van der Waals surface area contributed by atoms with E-state index in [1.807, 2.05) is 59.5 Å². The largest absolute Gasteiger partial charge is 0.507 e. The van der Waals surface area contributed by atoms with E-state index >= 15 is 0 Å². The maximum Gasteiger partial charge on any atom is 0.273 e. The van der Waals surface area contributed by atoms with Gasteiger partial charge in [-0.05, 0) is 53.8 Å². The van der Waals surface area contributed by atoms with Gasteiger partial charge in [0, 0.05) is 22.7 Å². The third-order valence-electron chi connectivity index (χ3n) is 6.41. The molecule has 1 aliphatic heterocycles. The molecule has 0 spiro atoms. The number of ether oxygens (including phenoxy) is 1. The quantitative estimate of drug-likeness (QED) is 0.285. The number of hydrogen-bond acceptors (Lipinski definition) is 4. The molecule has 1 amide bonds. The molecule has 5 rings (SSSR count). The first kappa shape index (κ1) is 23.9. The van der Waals surface area contributed by atoms with Gasteiger partial charge in [0.1, 0.15) is 22.9 Å². The second-order valence-electron chi connectivity index (χ2n) is 9.45. The van der Waals surface area contributed by atoms with Crippen LogP contribution in [0.25, 0.3) is 11.3 Å². The summed E-state index contributed by atoms with van der Waals surface area (Å²) in [5.74, 6) is 1.20. The maximum absolute atomic E-state index is 13.6. The van der Waals surface area contributed by atoms with Gasteiger partial charge in [0.15, 0.2) is 0 Å². The van der Waals surface area contributed by atoms with Crippen molar-refractivity contribution in [2.75, 3.05) is 6.61 Å². The van der Waals surface area contributed by atoms with Crippen molar-refractivity contribution >= 4 is 17.5 Å². The lowest BCUT2D eigenvalue weighted by Crippen LogP contribution is -2.29. The summed E-state index contributed by atoms with van der Waals surface area (Å²) in [5, 5.41) is 18.5. The summed E-state index contributed by atoms with van der Waals surface area (Å²) < 4.78 is 6.03. The number of nitrogens with one attached hydrogen (secondary N) is 1. The van der Waals surface area contributed by atoms with E-state index < -0.39 is 6.04 Å². The molecule has 184 valence electrons. The summed E-state index contributed by atoms with van der Waals surface area (Å²) in [7, 11) is 0. The lowest BCUT2D eigenvalue weighted by Gasteiger charge is -2.27. The Balaban J connectivity index is 1.60. The molecule has 0 radical (unpaired) electrons. The van der Waals surface area contributed by atoms with E-state index in [9.17, 15) is 9.90 Å². The molecule has 2 heterocycles. The Bertz CT molecular complexity index is 1380. The van der Waals surface area contributed by atoms with E-state index in [1.165, 1.54) is 6.07 Å². The van der Waals surface area contributed by atoms with Crippen LogP contribution in [0.15, 0.2) is 72.8 Å². The zero-order valence-electron chi connectivity index (χ0n) is 20.2. The number of halogens is 1. The van der Waals surface area contributed by atoms with Gasteiger partial charge in [0.2, 0.25) is 0 Å². The van der Waals surface area contributed by atoms with Crippen LogP contribution in [-0.4, -0.2) is 32.7 Å². The van der Waals surface area contributed by atoms with Gasteiger partial charge in [0.05, 0.1) is 12.6 Å². The van der Waals surface area contributed by atoms with Gasteiger partial charge in [-0.1, -0.05) is 67.9 Å². The second-order valence-corrected chi connectivity index (χ2v) is 9.88. The summed E-state index contributed by atoms with van der Waals surface area (Å²) in [4.78, 5) is 15.5. The Morgan fingerprint density at radius 2 is 1.89 bits per heavy atom. The highest BCUT2D eigenvalue weighted by Crippen LogP contribution is 2.46. The van der Waals surface area contributed by atoms with Gasteiger partial charge in [-0.3, -0.25) is 9.89 Å². The van der Waals surface area contributed by atoms with Crippen molar-refractivity contribution in [1.82, 2.24) is 15.1 Å². The molecule has 4 aromatic rings. The van der Waals surface area contributed by atoms with Gasteiger partial charge in [-0.25, -0.2) is 0 Å². The minimum Gasteiger partial charge on any atom is -0.507 e. The molecule has 0 saturated heterocycles. The van der Waals surface area contributed by atoms with Crippen molar-refractivity contribution in [2.45, 2.75) is 32.9 Å². The fourth-order valence-corrected chi connectivity index (χ4v) is 4.75. The van der Waals surface area contributed by atoms with E-state index in [4.69, 9.17) is 16.3 Å². The summed E-state index contributed by atoms with van der Waals surface area (Å²) >= 11 is 6.25. The first-order valence-electron chi connectivity index (χ1n) is 12.1. The molecular formula is C29H28ClN3O3. The van der Waals surface area contributed by atoms with E-state index in [0.717, 1.165) is 23.3 Å². The number of aromatic nitrogens is 2. The third kappa shape index (κ3) is 4.69. The molecule has 1 unspecified atom stereocenters. The average Bonchev–Trinajstić information content (AvgIpc) is 3.40. The number of carbonyl (C=O) groups excluding carboxylic acids is 1. The molecule has 2 N–H and O–H groups in total. The maximum atomic E-state index is 13.6. The first-order valence-corrected chi connectivity index (χ1v) is 12.4. The number of amides is 1. The highest BCUT2D eigenvalue weighted by molar-refractivity contribution is 6.31. The van der Waals surface area contributed by atoms with E-state index in [2.05, 4.69) is 24.0 Å². The number of aromatic amines is 1. The Morgan fingerprint density at radius 1 is 1.08 bits per heavy atom. The van der Waals surface area contributed by atoms with Crippen LogP contribution in [0.1, 0.15) is 53.5 Å². The molecular weight excluding hydrogens is 474 g/mol. The molecule has 3 aromatic carbocycles. The van der Waals surface area contributed by atoms with Crippen LogP contribution in [0, 0.1) is 5.92 Å². The fraction of sp³-hybridized carbons (Fsp3) is 0.241. The van der Waals surface area contributed by atoms with Crippen molar-refractivity contribution in [3.8, 4) is 22.8 Å². The van der Waals surface area contributed by atoms with Crippen LogP contribution in [0.3, 0.4) is 0 Å². The van der Waals surface area contributed by atoms with Crippen LogP contribution in [-0.2, 0) is 6.54 Å². The van der Waals surface area contributed by atoms with Crippen LogP contribution in [0.2, 0.25) is 5.02 Å². The summed E-state index contributed by atoms with van der Waals surface area (Å²) in [5.41, 5.74) is 4.03. The SMILES string of the molecule is CC(C)CCOc1cccc(C2c3c(-c4cc(Cl)ccc4O)n[nH]c3C(=O)N2Cc2ccccc2)c1. The zero-order valence-corrected chi connectivity index (χ0v) is 21.0. The number of benzene rings is 3. The molecule has 1 atom stereocenters. The zero-order chi connectivity index (χ0) is 25.2. The monoisotopic (exact) mass is 501 g/mol. The summed E-state index contributed by atoms with van der Waals surface area (Å²) in [6, 6.07) is 22.1. The van der Waals surface area contributed by atoms with Crippen LogP contribution < -0.4 is 4.74 Å². The number of phenolic OH excluding ortho intramolecular Hbond substituents is 1. The molecule has 1 aromatic heterocycles. The van der Waals surface area contributed by atoms with Gasteiger partial charge >= 0.3 is 0 Å². The van der Waals surface area contributed by atoms with Crippen LogP contribution in [0.4, 0.5) is 0 Å².